The average molecular weight is 1020 g/mol. The molecule has 0 amide bonds. The van der Waals surface area contributed by atoms with Crippen LogP contribution in [0.15, 0.2) is 60.8 Å². The largest absolute Gasteiger partial charge is 0.462 e. The van der Waals surface area contributed by atoms with Crippen LogP contribution in [0.3, 0.4) is 0 Å². The Morgan fingerprint density at radius 1 is 0.274 bits per heavy atom. The third kappa shape index (κ3) is 59.9. The fourth-order valence-corrected chi connectivity index (χ4v) is 9.15. The van der Waals surface area contributed by atoms with Crippen molar-refractivity contribution in [3.8, 4) is 0 Å². The van der Waals surface area contributed by atoms with Gasteiger partial charge in [-0.25, -0.2) is 0 Å². The zero-order chi connectivity index (χ0) is 52.9. The third-order valence-electron chi connectivity index (χ3n) is 14.0. The molecular formula is C67H120O6. The first-order valence-electron chi connectivity index (χ1n) is 31.8. The van der Waals surface area contributed by atoms with E-state index in [4.69, 9.17) is 14.2 Å². The number of hydrogen-bond acceptors (Lipinski definition) is 6. The maximum Gasteiger partial charge on any atom is 0.306 e. The Kier molecular flexibility index (Phi) is 59.2. The van der Waals surface area contributed by atoms with E-state index >= 15 is 0 Å². The van der Waals surface area contributed by atoms with Gasteiger partial charge in [-0.3, -0.25) is 14.4 Å². The fourth-order valence-electron chi connectivity index (χ4n) is 9.15. The van der Waals surface area contributed by atoms with Crippen LogP contribution in [0.5, 0.6) is 0 Å². The summed E-state index contributed by atoms with van der Waals surface area (Å²) in [4.78, 5) is 38.1. The number of carbonyl (C=O) groups excluding carboxylic acids is 3. The second-order valence-electron chi connectivity index (χ2n) is 21.3. The van der Waals surface area contributed by atoms with Crippen molar-refractivity contribution < 1.29 is 28.6 Å². The second-order valence-corrected chi connectivity index (χ2v) is 21.3. The van der Waals surface area contributed by atoms with Gasteiger partial charge in [-0.05, 0) is 109 Å². The summed E-state index contributed by atoms with van der Waals surface area (Å²) in [5, 5.41) is 0. The molecule has 6 heteroatoms. The van der Waals surface area contributed by atoms with E-state index in [2.05, 4.69) is 81.5 Å². The fraction of sp³-hybridized carbons (Fsp3) is 0.806. The van der Waals surface area contributed by atoms with Crippen LogP contribution in [0.1, 0.15) is 329 Å². The summed E-state index contributed by atoms with van der Waals surface area (Å²) in [6.07, 6.45) is 78.1. The van der Waals surface area contributed by atoms with Gasteiger partial charge in [0.2, 0.25) is 0 Å². The van der Waals surface area contributed by atoms with Gasteiger partial charge in [0, 0.05) is 19.3 Å². The van der Waals surface area contributed by atoms with Crippen molar-refractivity contribution in [1.29, 1.82) is 0 Å². The van der Waals surface area contributed by atoms with Crippen molar-refractivity contribution in [2.24, 2.45) is 0 Å². The van der Waals surface area contributed by atoms with E-state index < -0.39 is 6.10 Å². The van der Waals surface area contributed by atoms with Crippen molar-refractivity contribution in [3.05, 3.63) is 60.8 Å². The molecule has 0 saturated carbocycles. The van der Waals surface area contributed by atoms with Gasteiger partial charge in [0.15, 0.2) is 6.10 Å². The minimum Gasteiger partial charge on any atom is -0.462 e. The summed E-state index contributed by atoms with van der Waals surface area (Å²) < 4.78 is 16.9. The molecule has 0 aromatic rings. The van der Waals surface area contributed by atoms with Crippen LogP contribution >= 0.6 is 0 Å². The lowest BCUT2D eigenvalue weighted by Crippen LogP contribution is -2.30. The normalized spacial score (nSPS) is 12.4. The van der Waals surface area contributed by atoms with E-state index in [1.165, 1.54) is 199 Å². The molecule has 1 unspecified atom stereocenters. The highest BCUT2D eigenvalue weighted by atomic mass is 16.6. The Labute approximate surface area is 453 Å². The lowest BCUT2D eigenvalue weighted by molar-refractivity contribution is -0.167. The van der Waals surface area contributed by atoms with Crippen LogP contribution in [-0.2, 0) is 28.6 Å². The van der Waals surface area contributed by atoms with Crippen LogP contribution in [0, 0.1) is 0 Å². The van der Waals surface area contributed by atoms with Gasteiger partial charge in [0.05, 0.1) is 0 Å². The van der Waals surface area contributed by atoms with Crippen LogP contribution in [0.25, 0.3) is 0 Å². The third-order valence-corrected chi connectivity index (χ3v) is 14.0. The Bertz CT molecular complexity index is 1310. The van der Waals surface area contributed by atoms with Crippen molar-refractivity contribution >= 4 is 17.9 Å². The SMILES string of the molecule is CCCCC/C=C\CCCCCCCC(=O)OCC(COC(=O)CCCCCCCCCCCCCCCCCC/C=C\C/C=C\C/C=C\CCCCCCC)OC(=O)CCCCCCC/C=C\CCCCC. The Balaban J connectivity index is 4.10. The molecule has 73 heavy (non-hydrogen) atoms. The molecule has 0 spiro atoms. The first kappa shape index (κ1) is 70.1. The Hall–Kier alpha value is -2.89. The summed E-state index contributed by atoms with van der Waals surface area (Å²) in [5.41, 5.74) is 0. The maximum atomic E-state index is 12.8. The molecule has 1 atom stereocenters. The van der Waals surface area contributed by atoms with Gasteiger partial charge < -0.3 is 14.2 Å². The first-order chi connectivity index (χ1) is 36.0. The predicted molar refractivity (Wildman–Crippen MR) is 316 cm³/mol. The second kappa shape index (κ2) is 61.7. The molecule has 0 heterocycles. The predicted octanol–water partition coefficient (Wildman–Crippen LogP) is 21.6. The van der Waals surface area contributed by atoms with E-state index in [0.29, 0.717) is 19.3 Å². The smallest absolute Gasteiger partial charge is 0.306 e. The number of unbranched alkanes of at least 4 members (excludes halogenated alkanes) is 37. The minimum absolute atomic E-state index is 0.0777. The molecule has 0 bridgehead atoms. The number of esters is 3. The topological polar surface area (TPSA) is 78.9 Å². The number of hydrogen-bond donors (Lipinski definition) is 0. The zero-order valence-electron chi connectivity index (χ0n) is 48.7. The van der Waals surface area contributed by atoms with Gasteiger partial charge in [-0.15, -0.1) is 0 Å². The first-order valence-corrected chi connectivity index (χ1v) is 31.8. The number of allylic oxidation sites excluding steroid dienone is 10. The molecule has 0 fully saturated rings. The summed E-state index contributed by atoms with van der Waals surface area (Å²) in [5.74, 6) is -0.884. The molecule has 6 nitrogen and oxygen atoms in total. The minimum atomic E-state index is -0.780. The number of rotatable bonds is 58. The quantitative estimate of drug-likeness (QED) is 0.0261. The van der Waals surface area contributed by atoms with Crippen molar-refractivity contribution in [2.45, 2.75) is 335 Å². The molecule has 0 aliphatic rings. The zero-order valence-corrected chi connectivity index (χ0v) is 48.7. The number of ether oxygens (including phenoxy) is 3. The maximum absolute atomic E-state index is 12.8. The van der Waals surface area contributed by atoms with Gasteiger partial charge in [-0.2, -0.15) is 0 Å². The van der Waals surface area contributed by atoms with Crippen LogP contribution in [0.2, 0.25) is 0 Å². The van der Waals surface area contributed by atoms with E-state index in [1.807, 2.05) is 0 Å². The van der Waals surface area contributed by atoms with E-state index in [-0.39, 0.29) is 31.1 Å². The number of carbonyl (C=O) groups is 3. The van der Waals surface area contributed by atoms with Gasteiger partial charge >= 0.3 is 17.9 Å². The molecule has 0 rings (SSSR count). The van der Waals surface area contributed by atoms with E-state index in [9.17, 15) is 14.4 Å². The molecule has 0 radical (unpaired) electrons. The molecule has 0 aliphatic heterocycles. The van der Waals surface area contributed by atoms with E-state index in [1.54, 1.807) is 0 Å². The van der Waals surface area contributed by atoms with Crippen molar-refractivity contribution in [2.75, 3.05) is 13.2 Å². The lowest BCUT2D eigenvalue weighted by atomic mass is 10.0. The highest BCUT2D eigenvalue weighted by molar-refractivity contribution is 5.71. The molecule has 0 saturated heterocycles. The Morgan fingerprint density at radius 3 is 0.808 bits per heavy atom. The van der Waals surface area contributed by atoms with Gasteiger partial charge in [-0.1, -0.05) is 261 Å². The molecular weight excluding hydrogens is 901 g/mol. The highest BCUT2D eigenvalue weighted by Gasteiger charge is 2.19. The van der Waals surface area contributed by atoms with Gasteiger partial charge in [0.25, 0.3) is 0 Å². The van der Waals surface area contributed by atoms with Crippen LogP contribution in [0.4, 0.5) is 0 Å². The molecule has 424 valence electrons. The van der Waals surface area contributed by atoms with Crippen molar-refractivity contribution in [1.82, 2.24) is 0 Å². The molecule has 0 N–H and O–H groups in total. The Morgan fingerprint density at radius 2 is 0.493 bits per heavy atom. The summed E-state index contributed by atoms with van der Waals surface area (Å²) in [6.45, 7) is 6.59. The summed E-state index contributed by atoms with van der Waals surface area (Å²) in [6, 6.07) is 0. The lowest BCUT2D eigenvalue weighted by Gasteiger charge is -2.18. The van der Waals surface area contributed by atoms with Gasteiger partial charge in [0.1, 0.15) is 13.2 Å². The molecule has 0 aromatic carbocycles. The summed E-state index contributed by atoms with van der Waals surface area (Å²) in [7, 11) is 0. The average Bonchev–Trinajstić information content (AvgIpc) is 3.39. The summed E-state index contributed by atoms with van der Waals surface area (Å²) >= 11 is 0. The van der Waals surface area contributed by atoms with Crippen molar-refractivity contribution in [3.63, 3.8) is 0 Å². The van der Waals surface area contributed by atoms with Crippen LogP contribution < -0.4 is 0 Å². The molecule has 0 aliphatic carbocycles. The highest BCUT2D eigenvalue weighted by Crippen LogP contribution is 2.17. The standard InChI is InChI=1S/C67H120O6/c1-4-7-10-13-16-19-22-25-26-27-28-29-30-31-32-33-34-35-36-37-38-39-40-41-42-43-46-48-51-54-57-60-66(69)72-63-64(73-67(70)61-58-55-52-49-45-24-21-18-15-12-9-6-3)62-71-65(68)59-56-53-50-47-44-23-20-17-14-11-8-5-2/h17-18,20-22,25,27-28,30-31,64H,4-16,19,23-24,26,29,32-63H2,1-3H3/b20-17-,21-18-,25-22-,28-27-,31-30-. The van der Waals surface area contributed by atoms with Crippen LogP contribution in [-0.4, -0.2) is 37.2 Å². The monoisotopic (exact) mass is 1020 g/mol. The molecule has 0 aromatic heterocycles. The van der Waals surface area contributed by atoms with E-state index in [0.717, 1.165) is 89.9 Å².